The first kappa shape index (κ1) is 25.0. The number of halogens is 4. The van der Waals surface area contributed by atoms with Crippen molar-refractivity contribution in [1.29, 1.82) is 0 Å². The summed E-state index contributed by atoms with van der Waals surface area (Å²) >= 11 is 23.7. The minimum Gasteiger partial charge on any atom is -0.424 e. The van der Waals surface area contributed by atoms with E-state index >= 15 is 0 Å². The smallest absolute Gasteiger partial charge is 0.308 e. The van der Waals surface area contributed by atoms with Gasteiger partial charge in [-0.2, -0.15) is 0 Å². The van der Waals surface area contributed by atoms with E-state index in [1.165, 1.54) is 13.8 Å². The van der Waals surface area contributed by atoms with Crippen molar-refractivity contribution in [3.8, 4) is 11.5 Å². The highest BCUT2D eigenvalue weighted by Crippen LogP contribution is 2.41. The van der Waals surface area contributed by atoms with E-state index in [1.807, 2.05) is 9.80 Å². The molecule has 28 heavy (non-hydrogen) atoms. The van der Waals surface area contributed by atoms with Gasteiger partial charge in [-0.3, -0.25) is 9.59 Å². The van der Waals surface area contributed by atoms with E-state index in [1.54, 1.807) is 12.1 Å². The van der Waals surface area contributed by atoms with Gasteiger partial charge in [-0.1, -0.05) is 0 Å². The average molecular weight is 474 g/mol. The quantitative estimate of drug-likeness (QED) is 0.258. The highest BCUT2D eigenvalue weighted by Gasteiger charge is 2.22. The van der Waals surface area contributed by atoms with Crippen LogP contribution in [0.2, 0.25) is 0 Å². The molecule has 0 N–H and O–H groups in total. The summed E-state index contributed by atoms with van der Waals surface area (Å²) in [5.41, 5.74) is 1.10. The molecule has 1 aromatic carbocycles. The molecule has 0 aliphatic carbocycles. The van der Waals surface area contributed by atoms with Gasteiger partial charge in [0.15, 0.2) is 11.5 Å². The summed E-state index contributed by atoms with van der Waals surface area (Å²) in [5, 5.41) is 0. The fourth-order valence-corrected chi connectivity index (χ4v) is 3.44. The summed E-state index contributed by atoms with van der Waals surface area (Å²) in [6.45, 7) is 4.49. The van der Waals surface area contributed by atoms with Crippen molar-refractivity contribution in [3.63, 3.8) is 0 Å². The number of esters is 2. The highest BCUT2D eigenvalue weighted by molar-refractivity contribution is 6.19. The van der Waals surface area contributed by atoms with E-state index in [9.17, 15) is 9.59 Å². The molecule has 0 radical (unpaired) electrons. The van der Waals surface area contributed by atoms with Crippen molar-refractivity contribution in [2.24, 2.45) is 0 Å². The number of benzene rings is 1. The van der Waals surface area contributed by atoms with Crippen molar-refractivity contribution in [2.45, 2.75) is 13.8 Å². The molecule has 0 unspecified atom stereocenters. The summed E-state index contributed by atoms with van der Waals surface area (Å²) in [6, 6.07) is 3.28. The summed E-state index contributed by atoms with van der Waals surface area (Å²) in [4.78, 5) is 27.1. The standard InChI is InChI=1S/C18H24Cl4N2O4/c1-13(25)27-17-11-16(24(9-5-21)10-6-22)18(28-14(2)26)12-15(17)23(7-3-19)8-4-20/h11-12H,3-10H2,1-2H3. The average Bonchev–Trinajstić information content (AvgIpc) is 2.61. The second-order valence-electron chi connectivity index (χ2n) is 5.70. The van der Waals surface area contributed by atoms with Crippen LogP contribution in [0.5, 0.6) is 11.5 Å². The van der Waals surface area contributed by atoms with Gasteiger partial charge in [-0.15, -0.1) is 46.4 Å². The predicted molar refractivity (Wildman–Crippen MR) is 116 cm³/mol. The molecule has 0 atom stereocenters. The molecule has 1 rings (SSSR count). The fraction of sp³-hybridized carbons (Fsp3) is 0.556. The second-order valence-corrected chi connectivity index (χ2v) is 7.22. The first-order valence-corrected chi connectivity index (χ1v) is 10.8. The van der Waals surface area contributed by atoms with Crippen molar-refractivity contribution in [3.05, 3.63) is 12.1 Å². The fourth-order valence-electron chi connectivity index (χ4n) is 2.62. The Morgan fingerprint density at radius 3 is 1.21 bits per heavy atom. The maximum atomic E-state index is 11.7. The van der Waals surface area contributed by atoms with Crippen LogP contribution < -0.4 is 19.3 Å². The number of rotatable bonds is 12. The largest absolute Gasteiger partial charge is 0.424 e. The number of alkyl halides is 4. The van der Waals surface area contributed by atoms with E-state index in [4.69, 9.17) is 55.9 Å². The number of anilines is 2. The Morgan fingerprint density at radius 2 is 1.00 bits per heavy atom. The molecule has 0 aliphatic rings. The number of ether oxygens (including phenoxy) is 2. The van der Waals surface area contributed by atoms with Crippen LogP contribution in [0, 0.1) is 0 Å². The third-order valence-electron chi connectivity index (χ3n) is 3.65. The third-order valence-corrected chi connectivity index (χ3v) is 4.32. The molecule has 1 aromatic rings. The number of carbonyl (C=O) groups excluding carboxylic acids is 2. The van der Waals surface area contributed by atoms with E-state index < -0.39 is 11.9 Å². The normalized spacial score (nSPS) is 10.5. The monoisotopic (exact) mass is 472 g/mol. The van der Waals surface area contributed by atoms with Crippen LogP contribution in [0.15, 0.2) is 12.1 Å². The molecule has 0 heterocycles. The van der Waals surface area contributed by atoms with E-state index in [0.29, 0.717) is 72.6 Å². The van der Waals surface area contributed by atoms with Gasteiger partial charge in [0.05, 0.1) is 11.4 Å². The minimum absolute atomic E-state index is 0.308. The molecule has 0 saturated carbocycles. The SMILES string of the molecule is CC(=O)Oc1cc(N(CCCl)CCCl)c(OC(C)=O)cc1N(CCCl)CCCl. The second kappa shape index (κ2) is 13.2. The summed E-state index contributed by atoms with van der Waals surface area (Å²) in [5.74, 6) is 1.01. The Labute approximate surface area is 185 Å². The Balaban J connectivity index is 3.60. The lowest BCUT2D eigenvalue weighted by Crippen LogP contribution is -2.30. The van der Waals surface area contributed by atoms with Gasteiger partial charge in [0, 0.05) is 75.7 Å². The van der Waals surface area contributed by atoms with Crippen molar-refractivity contribution < 1.29 is 19.1 Å². The lowest BCUT2D eigenvalue weighted by atomic mass is 10.2. The maximum absolute atomic E-state index is 11.7. The maximum Gasteiger partial charge on any atom is 0.308 e. The molecule has 10 heteroatoms. The van der Waals surface area contributed by atoms with Gasteiger partial charge in [-0.05, 0) is 0 Å². The first-order chi connectivity index (χ1) is 13.4. The zero-order chi connectivity index (χ0) is 21.1. The first-order valence-electron chi connectivity index (χ1n) is 8.66. The van der Waals surface area contributed by atoms with Crippen LogP contribution in [0.4, 0.5) is 11.4 Å². The van der Waals surface area contributed by atoms with Crippen LogP contribution in [-0.2, 0) is 9.59 Å². The Bertz CT molecular complexity index is 593. The predicted octanol–water partition coefficient (Wildman–Crippen LogP) is 4.11. The zero-order valence-corrected chi connectivity index (χ0v) is 18.9. The molecule has 0 bridgehead atoms. The minimum atomic E-state index is -0.481. The van der Waals surface area contributed by atoms with Gasteiger partial charge in [0.25, 0.3) is 0 Å². The van der Waals surface area contributed by atoms with Crippen LogP contribution in [0.3, 0.4) is 0 Å². The molecule has 6 nitrogen and oxygen atoms in total. The van der Waals surface area contributed by atoms with Gasteiger partial charge >= 0.3 is 11.9 Å². The summed E-state index contributed by atoms with van der Waals surface area (Å²) in [7, 11) is 0. The van der Waals surface area contributed by atoms with Crippen molar-refractivity contribution in [2.75, 3.05) is 59.5 Å². The van der Waals surface area contributed by atoms with Crippen LogP contribution in [0.1, 0.15) is 13.8 Å². The number of nitrogens with zero attached hydrogens (tertiary/aromatic N) is 2. The highest BCUT2D eigenvalue weighted by atomic mass is 35.5. The lowest BCUT2D eigenvalue weighted by molar-refractivity contribution is -0.133. The molecule has 0 aliphatic heterocycles. The summed E-state index contributed by atoms with van der Waals surface area (Å²) < 4.78 is 10.9. The van der Waals surface area contributed by atoms with Crippen LogP contribution in [0.25, 0.3) is 0 Å². The van der Waals surface area contributed by atoms with Gasteiger partial charge in [0.2, 0.25) is 0 Å². The zero-order valence-electron chi connectivity index (χ0n) is 15.9. The van der Waals surface area contributed by atoms with E-state index in [-0.39, 0.29) is 0 Å². The molecule has 0 saturated heterocycles. The number of hydrogen-bond donors (Lipinski definition) is 0. The molecule has 0 spiro atoms. The number of carbonyl (C=O) groups is 2. The summed E-state index contributed by atoms with van der Waals surface area (Å²) in [6.07, 6.45) is 0. The van der Waals surface area contributed by atoms with E-state index in [2.05, 4.69) is 0 Å². The van der Waals surface area contributed by atoms with Crippen molar-refractivity contribution >= 4 is 69.7 Å². The molecule has 158 valence electrons. The van der Waals surface area contributed by atoms with Crippen molar-refractivity contribution in [1.82, 2.24) is 0 Å². The Morgan fingerprint density at radius 1 is 0.714 bits per heavy atom. The number of hydrogen-bond acceptors (Lipinski definition) is 6. The molecule has 0 aromatic heterocycles. The van der Waals surface area contributed by atoms with Gasteiger partial charge < -0.3 is 19.3 Å². The molecule has 0 amide bonds. The molecular formula is C18H24Cl4N2O4. The van der Waals surface area contributed by atoms with Gasteiger partial charge in [-0.25, -0.2) is 0 Å². The Hall–Kier alpha value is -1.08. The molecular weight excluding hydrogens is 450 g/mol. The van der Waals surface area contributed by atoms with Gasteiger partial charge in [0.1, 0.15) is 0 Å². The third kappa shape index (κ3) is 7.74. The van der Waals surface area contributed by atoms with E-state index in [0.717, 1.165) is 0 Å². The van der Waals surface area contributed by atoms with Crippen LogP contribution >= 0.6 is 46.4 Å². The Kier molecular flexibility index (Phi) is 11.8. The van der Waals surface area contributed by atoms with Crippen LogP contribution in [-0.4, -0.2) is 61.6 Å². The molecule has 0 fully saturated rings. The lowest BCUT2D eigenvalue weighted by Gasteiger charge is -2.29. The topological polar surface area (TPSA) is 59.1 Å².